The van der Waals surface area contributed by atoms with Gasteiger partial charge < -0.3 is 5.11 Å². The van der Waals surface area contributed by atoms with Crippen molar-refractivity contribution in [3.05, 3.63) is 0 Å². The van der Waals surface area contributed by atoms with E-state index in [-0.39, 0.29) is 6.42 Å². The second kappa shape index (κ2) is 4.71. The molecule has 2 nitrogen and oxygen atoms in total. The first-order valence-corrected chi connectivity index (χ1v) is 5.09. The molecule has 1 N–H and O–H groups in total. The zero-order valence-electron chi connectivity index (χ0n) is 8.14. The van der Waals surface area contributed by atoms with Crippen molar-refractivity contribution in [3.8, 4) is 0 Å². The van der Waals surface area contributed by atoms with Crippen LogP contribution in [-0.4, -0.2) is 17.0 Å². The van der Waals surface area contributed by atoms with Crippen molar-refractivity contribution in [2.24, 2.45) is 5.92 Å². The number of alkyl halides is 2. The Morgan fingerprint density at radius 1 is 1.43 bits per heavy atom. The molecule has 0 amide bonds. The SMILES string of the molecule is O=C(O)CC(F)(F)CCCC1CCC1. The van der Waals surface area contributed by atoms with Crippen LogP contribution in [0.1, 0.15) is 44.9 Å². The van der Waals surface area contributed by atoms with E-state index in [0.717, 1.165) is 19.3 Å². The Hall–Kier alpha value is -0.670. The summed E-state index contributed by atoms with van der Waals surface area (Å²) >= 11 is 0. The van der Waals surface area contributed by atoms with Gasteiger partial charge in [-0.2, -0.15) is 0 Å². The molecule has 1 aliphatic carbocycles. The van der Waals surface area contributed by atoms with Crippen LogP contribution in [-0.2, 0) is 4.79 Å². The maximum absolute atomic E-state index is 12.9. The Morgan fingerprint density at radius 2 is 2.07 bits per heavy atom. The molecule has 0 radical (unpaired) electrons. The molecule has 1 fully saturated rings. The normalized spacial score (nSPS) is 17.9. The molecule has 82 valence electrons. The van der Waals surface area contributed by atoms with Crippen LogP contribution in [0.3, 0.4) is 0 Å². The summed E-state index contributed by atoms with van der Waals surface area (Å²) in [4.78, 5) is 10.1. The van der Waals surface area contributed by atoms with E-state index in [1.807, 2.05) is 0 Å². The van der Waals surface area contributed by atoms with Gasteiger partial charge in [-0.1, -0.05) is 25.7 Å². The number of carbonyl (C=O) groups is 1. The van der Waals surface area contributed by atoms with E-state index in [9.17, 15) is 13.6 Å². The molecular formula is C10H16F2O2. The van der Waals surface area contributed by atoms with Crippen molar-refractivity contribution in [1.82, 2.24) is 0 Å². The van der Waals surface area contributed by atoms with Crippen LogP contribution in [0.15, 0.2) is 0 Å². The molecule has 0 aliphatic heterocycles. The molecule has 1 saturated carbocycles. The number of carboxylic acids is 1. The standard InChI is InChI=1S/C10H16F2O2/c11-10(12,7-9(13)14)6-2-5-8-3-1-4-8/h8H,1-7H2,(H,13,14). The van der Waals surface area contributed by atoms with E-state index in [2.05, 4.69) is 0 Å². The van der Waals surface area contributed by atoms with Gasteiger partial charge in [-0.15, -0.1) is 0 Å². The summed E-state index contributed by atoms with van der Waals surface area (Å²) in [5, 5.41) is 8.23. The van der Waals surface area contributed by atoms with Crippen LogP contribution in [0.5, 0.6) is 0 Å². The van der Waals surface area contributed by atoms with Gasteiger partial charge in [0, 0.05) is 6.42 Å². The summed E-state index contributed by atoms with van der Waals surface area (Å²) in [5.41, 5.74) is 0. The lowest BCUT2D eigenvalue weighted by atomic mass is 9.81. The minimum Gasteiger partial charge on any atom is -0.481 e. The lowest BCUT2D eigenvalue weighted by molar-refractivity contribution is -0.145. The van der Waals surface area contributed by atoms with Crippen molar-refractivity contribution in [2.45, 2.75) is 50.9 Å². The van der Waals surface area contributed by atoms with Gasteiger partial charge in [0.15, 0.2) is 0 Å². The number of halogens is 2. The van der Waals surface area contributed by atoms with Gasteiger partial charge >= 0.3 is 5.97 Å². The van der Waals surface area contributed by atoms with Gasteiger partial charge in [0.25, 0.3) is 5.92 Å². The monoisotopic (exact) mass is 206 g/mol. The van der Waals surface area contributed by atoms with Gasteiger partial charge in [-0.3, -0.25) is 4.79 Å². The topological polar surface area (TPSA) is 37.3 Å². The number of hydrogen-bond acceptors (Lipinski definition) is 1. The predicted molar refractivity (Wildman–Crippen MR) is 48.4 cm³/mol. The number of hydrogen-bond donors (Lipinski definition) is 1. The zero-order chi connectivity index (χ0) is 10.6. The molecule has 0 aromatic rings. The lowest BCUT2D eigenvalue weighted by Gasteiger charge is -2.25. The Labute approximate surface area is 82.3 Å². The highest BCUT2D eigenvalue weighted by Gasteiger charge is 2.32. The van der Waals surface area contributed by atoms with Crippen LogP contribution in [0.4, 0.5) is 8.78 Å². The number of carboxylic acid groups (broad SMARTS) is 1. The Bertz CT molecular complexity index is 200. The molecule has 1 aliphatic rings. The molecule has 0 heterocycles. The third-order valence-electron chi connectivity index (χ3n) is 2.79. The zero-order valence-corrected chi connectivity index (χ0v) is 8.14. The van der Waals surface area contributed by atoms with Gasteiger partial charge in [0.2, 0.25) is 0 Å². The van der Waals surface area contributed by atoms with E-state index in [0.29, 0.717) is 12.3 Å². The molecule has 0 saturated heterocycles. The van der Waals surface area contributed by atoms with E-state index < -0.39 is 18.3 Å². The molecule has 0 bridgehead atoms. The molecule has 4 heteroatoms. The third kappa shape index (κ3) is 4.03. The summed E-state index contributed by atoms with van der Waals surface area (Å²) in [6, 6.07) is 0. The van der Waals surface area contributed by atoms with E-state index in [1.54, 1.807) is 0 Å². The highest BCUT2D eigenvalue weighted by molar-refractivity contribution is 5.67. The predicted octanol–water partition coefficient (Wildman–Crippen LogP) is 3.07. The number of rotatable bonds is 6. The average Bonchev–Trinajstić information content (AvgIpc) is 1.91. The molecule has 1 rings (SSSR count). The molecular weight excluding hydrogens is 190 g/mol. The first-order chi connectivity index (χ1) is 6.49. The Morgan fingerprint density at radius 3 is 2.50 bits per heavy atom. The van der Waals surface area contributed by atoms with Gasteiger partial charge in [-0.25, -0.2) is 8.78 Å². The smallest absolute Gasteiger partial charge is 0.309 e. The van der Waals surface area contributed by atoms with Crippen molar-refractivity contribution in [1.29, 1.82) is 0 Å². The quantitative estimate of drug-likeness (QED) is 0.725. The minimum atomic E-state index is -3.02. The lowest BCUT2D eigenvalue weighted by Crippen LogP contribution is -2.21. The third-order valence-corrected chi connectivity index (χ3v) is 2.79. The molecule has 0 atom stereocenters. The highest BCUT2D eigenvalue weighted by Crippen LogP contribution is 2.33. The van der Waals surface area contributed by atoms with Gasteiger partial charge in [0.05, 0.1) is 0 Å². The van der Waals surface area contributed by atoms with Crippen molar-refractivity contribution in [2.75, 3.05) is 0 Å². The van der Waals surface area contributed by atoms with Crippen molar-refractivity contribution < 1.29 is 18.7 Å². The fourth-order valence-corrected chi connectivity index (χ4v) is 1.74. The molecule has 0 unspecified atom stereocenters. The van der Waals surface area contributed by atoms with Gasteiger partial charge in [-0.05, 0) is 12.3 Å². The molecule has 0 aromatic carbocycles. The van der Waals surface area contributed by atoms with Crippen LogP contribution >= 0.6 is 0 Å². The summed E-state index contributed by atoms with van der Waals surface area (Å²) in [7, 11) is 0. The molecule has 14 heavy (non-hydrogen) atoms. The van der Waals surface area contributed by atoms with Gasteiger partial charge in [0.1, 0.15) is 6.42 Å². The second-order valence-corrected chi connectivity index (χ2v) is 4.12. The number of aliphatic carboxylic acids is 1. The summed E-state index contributed by atoms with van der Waals surface area (Å²) in [5.74, 6) is -3.82. The van der Waals surface area contributed by atoms with Crippen LogP contribution in [0.25, 0.3) is 0 Å². The summed E-state index contributed by atoms with van der Waals surface area (Å²) < 4.78 is 25.7. The molecule has 0 spiro atoms. The fourth-order valence-electron chi connectivity index (χ4n) is 1.74. The average molecular weight is 206 g/mol. The second-order valence-electron chi connectivity index (χ2n) is 4.12. The maximum atomic E-state index is 12.9. The van der Waals surface area contributed by atoms with Crippen LogP contribution in [0, 0.1) is 5.92 Å². The first kappa shape index (κ1) is 11.4. The van der Waals surface area contributed by atoms with Crippen molar-refractivity contribution >= 4 is 5.97 Å². The summed E-state index contributed by atoms with van der Waals surface area (Å²) in [6.07, 6.45) is 3.50. The molecule has 0 aromatic heterocycles. The minimum absolute atomic E-state index is 0.282. The van der Waals surface area contributed by atoms with Crippen molar-refractivity contribution in [3.63, 3.8) is 0 Å². The highest BCUT2D eigenvalue weighted by atomic mass is 19.3. The van der Waals surface area contributed by atoms with E-state index in [1.165, 1.54) is 6.42 Å². The van der Waals surface area contributed by atoms with E-state index >= 15 is 0 Å². The fraction of sp³-hybridized carbons (Fsp3) is 0.900. The Kier molecular flexibility index (Phi) is 3.84. The maximum Gasteiger partial charge on any atom is 0.309 e. The first-order valence-electron chi connectivity index (χ1n) is 5.09. The van der Waals surface area contributed by atoms with E-state index in [4.69, 9.17) is 5.11 Å². The largest absolute Gasteiger partial charge is 0.481 e. The van der Waals surface area contributed by atoms with Crippen LogP contribution < -0.4 is 0 Å². The van der Waals surface area contributed by atoms with Crippen LogP contribution in [0.2, 0.25) is 0 Å². The summed E-state index contributed by atoms with van der Waals surface area (Å²) in [6.45, 7) is 0. The Balaban J connectivity index is 2.11.